The Bertz CT molecular complexity index is 258. The van der Waals surface area contributed by atoms with E-state index in [2.05, 4.69) is 18.0 Å². The van der Waals surface area contributed by atoms with Gasteiger partial charge in [-0.05, 0) is 31.6 Å². The molecule has 14 heavy (non-hydrogen) atoms. The Hall–Kier alpha value is -0.790. The Labute approximate surface area is 91.8 Å². The molecule has 0 aliphatic rings. The topological polar surface area (TPSA) is 12.0 Å². The van der Waals surface area contributed by atoms with Gasteiger partial charge in [0.1, 0.15) is 0 Å². The quantitative estimate of drug-likeness (QED) is 0.599. The fourth-order valence-electron chi connectivity index (χ4n) is 1.04. The third-order valence-electron chi connectivity index (χ3n) is 1.63. The van der Waals surface area contributed by atoms with Crippen molar-refractivity contribution in [1.29, 1.82) is 0 Å². The Kier molecular flexibility index (Phi) is 8.30. The number of halogens is 1. The van der Waals surface area contributed by atoms with Gasteiger partial charge in [0.05, 0.1) is 0 Å². The van der Waals surface area contributed by atoms with Gasteiger partial charge in [-0.3, -0.25) is 0 Å². The number of rotatable bonds is 3. The number of benzene rings is 1. The maximum absolute atomic E-state index is 5.73. The van der Waals surface area contributed by atoms with Crippen molar-refractivity contribution in [3.05, 3.63) is 48.0 Å². The highest BCUT2D eigenvalue weighted by atomic mass is 35.5. The minimum absolute atomic E-state index is 0.587. The summed E-state index contributed by atoms with van der Waals surface area (Å²) in [7, 11) is 3.75. The van der Waals surface area contributed by atoms with E-state index in [-0.39, 0.29) is 0 Å². The minimum atomic E-state index is 0.587. The molecule has 0 aliphatic heterocycles. The van der Waals surface area contributed by atoms with Gasteiger partial charge >= 0.3 is 0 Å². The number of hydrogen-bond donors (Lipinski definition) is 1. The standard InChI is InChI=1S/C10H11Cl.C2H7N/c1-2-5-9-6-3-4-7-10(9)8-11;1-3-2/h2-4,6-7H,1,5,8H2;3H,1-2H3. The van der Waals surface area contributed by atoms with Gasteiger partial charge < -0.3 is 5.32 Å². The van der Waals surface area contributed by atoms with Crippen molar-refractivity contribution in [3.63, 3.8) is 0 Å². The van der Waals surface area contributed by atoms with E-state index in [4.69, 9.17) is 11.6 Å². The average Bonchev–Trinajstić information content (AvgIpc) is 2.20. The zero-order chi connectivity index (χ0) is 10.8. The maximum atomic E-state index is 5.73. The first-order chi connectivity index (χ1) is 6.79. The predicted octanol–water partition coefficient (Wildman–Crippen LogP) is 2.99. The van der Waals surface area contributed by atoms with Gasteiger partial charge in [-0.1, -0.05) is 30.3 Å². The SMILES string of the molecule is C=CCc1ccccc1CCl.CNC. The van der Waals surface area contributed by atoms with Crippen molar-refractivity contribution >= 4 is 11.6 Å². The van der Waals surface area contributed by atoms with E-state index < -0.39 is 0 Å². The molecule has 0 saturated heterocycles. The lowest BCUT2D eigenvalue weighted by molar-refractivity contribution is 1.02. The summed E-state index contributed by atoms with van der Waals surface area (Å²) in [5.74, 6) is 0.587. The molecule has 0 atom stereocenters. The molecule has 0 spiro atoms. The molecule has 1 aromatic rings. The van der Waals surface area contributed by atoms with Crippen LogP contribution in [0.25, 0.3) is 0 Å². The van der Waals surface area contributed by atoms with Crippen LogP contribution in [0.5, 0.6) is 0 Å². The zero-order valence-corrected chi connectivity index (χ0v) is 9.64. The Morgan fingerprint density at radius 2 is 1.79 bits per heavy atom. The van der Waals surface area contributed by atoms with Gasteiger partial charge in [0, 0.05) is 5.88 Å². The first kappa shape index (κ1) is 13.2. The maximum Gasteiger partial charge on any atom is 0.0476 e. The lowest BCUT2D eigenvalue weighted by Crippen LogP contribution is -1.89. The second-order valence-electron chi connectivity index (χ2n) is 2.90. The number of nitrogens with one attached hydrogen (secondary N) is 1. The van der Waals surface area contributed by atoms with Crippen molar-refractivity contribution in [3.8, 4) is 0 Å². The first-order valence-corrected chi connectivity index (χ1v) is 5.15. The van der Waals surface area contributed by atoms with E-state index in [0.29, 0.717) is 5.88 Å². The van der Waals surface area contributed by atoms with E-state index >= 15 is 0 Å². The molecule has 0 saturated carbocycles. The van der Waals surface area contributed by atoms with E-state index in [9.17, 15) is 0 Å². The van der Waals surface area contributed by atoms with Crippen LogP contribution in [0.2, 0.25) is 0 Å². The fourth-order valence-corrected chi connectivity index (χ4v) is 1.30. The van der Waals surface area contributed by atoms with Crippen LogP contribution in [-0.4, -0.2) is 14.1 Å². The molecule has 0 aromatic heterocycles. The fraction of sp³-hybridized carbons (Fsp3) is 0.333. The first-order valence-electron chi connectivity index (χ1n) is 4.62. The highest BCUT2D eigenvalue weighted by molar-refractivity contribution is 6.17. The molecular weight excluding hydrogens is 194 g/mol. The van der Waals surface area contributed by atoms with Gasteiger partial charge in [-0.15, -0.1) is 18.2 Å². The highest BCUT2D eigenvalue weighted by Gasteiger charge is 1.96. The molecule has 0 bridgehead atoms. The Morgan fingerprint density at radius 3 is 2.21 bits per heavy atom. The lowest BCUT2D eigenvalue weighted by atomic mass is 10.1. The Balaban J connectivity index is 0.000000500. The van der Waals surface area contributed by atoms with Crippen LogP contribution in [0.4, 0.5) is 0 Å². The molecule has 2 heteroatoms. The molecule has 0 amide bonds. The highest BCUT2D eigenvalue weighted by Crippen LogP contribution is 2.11. The Morgan fingerprint density at radius 1 is 1.29 bits per heavy atom. The summed E-state index contributed by atoms with van der Waals surface area (Å²) in [5, 5.41) is 2.75. The number of allylic oxidation sites excluding steroid dienone is 1. The predicted molar refractivity (Wildman–Crippen MR) is 64.9 cm³/mol. The second-order valence-corrected chi connectivity index (χ2v) is 3.16. The molecule has 1 aromatic carbocycles. The van der Waals surface area contributed by atoms with E-state index in [0.717, 1.165) is 6.42 Å². The molecule has 1 nitrogen and oxygen atoms in total. The third kappa shape index (κ3) is 5.05. The largest absolute Gasteiger partial charge is 0.323 e. The number of hydrogen-bond acceptors (Lipinski definition) is 1. The van der Waals surface area contributed by atoms with Crippen LogP contribution < -0.4 is 5.32 Å². The van der Waals surface area contributed by atoms with Crippen molar-refractivity contribution in [1.82, 2.24) is 5.32 Å². The van der Waals surface area contributed by atoms with Gasteiger partial charge in [-0.2, -0.15) is 0 Å². The number of alkyl halides is 1. The van der Waals surface area contributed by atoms with Crippen molar-refractivity contribution in [2.75, 3.05) is 14.1 Å². The molecule has 0 heterocycles. The monoisotopic (exact) mass is 211 g/mol. The van der Waals surface area contributed by atoms with Gasteiger partial charge in [-0.25, -0.2) is 0 Å². The molecule has 0 unspecified atom stereocenters. The average molecular weight is 212 g/mol. The summed E-state index contributed by atoms with van der Waals surface area (Å²) in [6.07, 6.45) is 2.80. The van der Waals surface area contributed by atoms with Gasteiger partial charge in [0.15, 0.2) is 0 Å². The molecule has 0 radical (unpaired) electrons. The van der Waals surface area contributed by atoms with Crippen LogP contribution >= 0.6 is 11.6 Å². The molecule has 0 aliphatic carbocycles. The second kappa shape index (κ2) is 8.79. The van der Waals surface area contributed by atoms with Crippen molar-refractivity contribution < 1.29 is 0 Å². The van der Waals surface area contributed by atoms with Crippen LogP contribution in [0, 0.1) is 0 Å². The molecule has 78 valence electrons. The van der Waals surface area contributed by atoms with Crippen LogP contribution in [0.1, 0.15) is 11.1 Å². The molecule has 1 rings (SSSR count). The van der Waals surface area contributed by atoms with Gasteiger partial charge in [0.25, 0.3) is 0 Å². The summed E-state index contributed by atoms with van der Waals surface area (Å²) >= 11 is 5.73. The van der Waals surface area contributed by atoms with Crippen LogP contribution in [0.15, 0.2) is 36.9 Å². The van der Waals surface area contributed by atoms with E-state index in [1.807, 2.05) is 38.4 Å². The minimum Gasteiger partial charge on any atom is -0.323 e. The van der Waals surface area contributed by atoms with Crippen LogP contribution in [0.3, 0.4) is 0 Å². The van der Waals surface area contributed by atoms with Crippen molar-refractivity contribution in [2.24, 2.45) is 0 Å². The zero-order valence-electron chi connectivity index (χ0n) is 8.89. The lowest BCUT2D eigenvalue weighted by Gasteiger charge is -2.02. The van der Waals surface area contributed by atoms with Crippen molar-refractivity contribution in [2.45, 2.75) is 12.3 Å². The van der Waals surface area contributed by atoms with Crippen LogP contribution in [-0.2, 0) is 12.3 Å². The summed E-state index contributed by atoms with van der Waals surface area (Å²) < 4.78 is 0. The smallest absolute Gasteiger partial charge is 0.0476 e. The summed E-state index contributed by atoms with van der Waals surface area (Å²) in [6, 6.07) is 8.16. The molecular formula is C12H18ClN. The van der Waals surface area contributed by atoms with Gasteiger partial charge in [0.2, 0.25) is 0 Å². The van der Waals surface area contributed by atoms with E-state index in [1.54, 1.807) is 0 Å². The summed E-state index contributed by atoms with van der Waals surface area (Å²) in [4.78, 5) is 0. The summed E-state index contributed by atoms with van der Waals surface area (Å²) in [6.45, 7) is 3.69. The van der Waals surface area contributed by atoms with E-state index in [1.165, 1.54) is 11.1 Å². The third-order valence-corrected chi connectivity index (χ3v) is 1.91. The normalized spacial score (nSPS) is 8.79. The molecule has 0 fully saturated rings. The summed E-state index contributed by atoms with van der Waals surface area (Å²) in [5.41, 5.74) is 2.48. The molecule has 1 N–H and O–H groups in total.